The fourth-order valence-corrected chi connectivity index (χ4v) is 3.33. The Morgan fingerprint density at radius 2 is 2.00 bits per heavy atom. The molecule has 0 unspecified atom stereocenters. The fraction of sp³-hybridized carbons (Fsp3) is 0.188. The largest absolute Gasteiger partial charge is 0.397 e. The molecule has 0 atom stereocenters. The number of para-hydroxylation sites is 1. The van der Waals surface area contributed by atoms with Gasteiger partial charge in [0.05, 0.1) is 32.3 Å². The van der Waals surface area contributed by atoms with Gasteiger partial charge < -0.3 is 10.6 Å². The quantitative estimate of drug-likeness (QED) is 0.725. The molecule has 1 heterocycles. The molecular weight excluding hydrogens is 285 g/mol. The van der Waals surface area contributed by atoms with Crippen molar-refractivity contribution in [1.82, 2.24) is 4.98 Å². The van der Waals surface area contributed by atoms with Gasteiger partial charge >= 0.3 is 0 Å². The predicted molar refractivity (Wildman–Crippen MR) is 87.8 cm³/mol. The third kappa shape index (κ3) is 2.45. The molecule has 3 rings (SSSR count). The molecule has 0 aliphatic carbocycles. The standard InChI is InChI=1S/C16H16FN3S/c1-3-20(14-7-5-4-6-11(14)17)15-9-13-16(8-12(15)18)21-10(2)19-13/h4-9H,3,18H2,1-2H3. The second kappa shape index (κ2) is 5.33. The molecule has 5 heteroatoms. The van der Waals surface area contributed by atoms with E-state index < -0.39 is 0 Å². The summed E-state index contributed by atoms with van der Waals surface area (Å²) in [6.07, 6.45) is 0. The van der Waals surface area contributed by atoms with Crippen LogP contribution in [-0.2, 0) is 0 Å². The molecule has 0 aliphatic rings. The molecule has 0 saturated heterocycles. The maximum atomic E-state index is 14.1. The van der Waals surface area contributed by atoms with Crippen LogP contribution in [0, 0.1) is 12.7 Å². The molecule has 3 nitrogen and oxygen atoms in total. The Hall–Kier alpha value is -2.14. The Morgan fingerprint density at radius 1 is 1.24 bits per heavy atom. The minimum absolute atomic E-state index is 0.256. The van der Waals surface area contributed by atoms with Crippen LogP contribution in [0.2, 0.25) is 0 Å². The van der Waals surface area contributed by atoms with Gasteiger partial charge in [0.15, 0.2) is 0 Å². The van der Waals surface area contributed by atoms with E-state index in [0.717, 1.165) is 20.9 Å². The van der Waals surface area contributed by atoms with Gasteiger partial charge in [0.2, 0.25) is 0 Å². The topological polar surface area (TPSA) is 42.2 Å². The molecule has 2 N–H and O–H groups in total. The summed E-state index contributed by atoms with van der Waals surface area (Å²) in [6, 6.07) is 10.6. The molecule has 0 bridgehead atoms. The third-order valence-corrected chi connectivity index (χ3v) is 4.33. The second-order valence-corrected chi connectivity index (χ2v) is 6.04. The minimum atomic E-state index is -0.256. The number of fused-ring (bicyclic) bond motifs is 1. The summed E-state index contributed by atoms with van der Waals surface area (Å²) in [7, 11) is 0. The molecule has 3 aromatic rings. The van der Waals surface area contributed by atoms with E-state index in [-0.39, 0.29) is 5.82 Å². The molecule has 2 aromatic carbocycles. The number of nitrogens with zero attached hydrogens (tertiary/aromatic N) is 2. The monoisotopic (exact) mass is 301 g/mol. The van der Waals surface area contributed by atoms with Gasteiger partial charge in [-0.1, -0.05) is 12.1 Å². The first-order chi connectivity index (χ1) is 10.1. The lowest BCUT2D eigenvalue weighted by Gasteiger charge is -2.25. The summed E-state index contributed by atoms with van der Waals surface area (Å²) in [5.74, 6) is -0.256. The van der Waals surface area contributed by atoms with Gasteiger partial charge in [-0.05, 0) is 38.1 Å². The first-order valence-electron chi connectivity index (χ1n) is 6.79. The molecule has 0 radical (unpaired) electrons. The summed E-state index contributed by atoms with van der Waals surface area (Å²) < 4.78 is 15.1. The van der Waals surface area contributed by atoms with E-state index in [2.05, 4.69) is 4.98 Å². The number of aryl methyl sites for hydroxylation is 1. The van der Waals surface area contributed by atoms with Crippen LogP contribution >= 0.6 is 11.3 Å². The highest BCUT2D eigenvalue weighted by Crippen LogP contribution is 2.36. The number of halogens is 1. The summed E-state index contributed by atoms with van der Waals surface area (Å²) in [5.41, 5.74) is 9.03. The zero-order valence-corrected chi connectivity index (χ0v) is 12.7. The number of benzene rings is 2. The van der Waals surface area contributed by atoms with Crippen LogP contribution in [0.3, 0.4) is 0 Å². The van der Waals surface area contributed by atoms with Crippen LogP contribution in [0.5, 0.6) is 0 Å². The van der Waals surface area contributed by atoms with Gasteiger partial charge in [-0.2, -0.15) is 0 Å². The van der Waals surface area contributed by atoms with E-state index in [4.69, 9.17) is 5.73 Å². The highest BCUT2D eigenvalue weighted by Gasteiger charge is 2.16. The zero-order chi connectivity index (χ0) is 15.0. The number of hydrogen-bond donors (Lipinski definition) is 1. The lowest BCUT2D eigenvalue weighted by atomic mass is 10.2. The summed E-state index contributed by atoms with van der Waals surface area (Å²) in [6.45, 7) is 4.57. The van der Waals surface area contributed by atoms with Crippen LogP contribution in [0.4, 0.5) is 21.5 Å². The number of rotatable bonds is 3. The van der Waals surface area contributed by atoms with Crippen molar-refractivity contribution in [1.29, 1.82) is 0 Å². The number of nitrogen functional groups attached to an aromatic ring is 1. The van der Waals surface area contributed by atoms with Crippen LogP contribution in [0.1, 0.15) is 11.9 Å². The molecule has 0 saturated carbocycles. The minimum Gasteiger partial charge on any atom is -0.397 e. The maximum Gasteiger partial charge on any atom is 0.146 e. The highest BCUT2D eigenvalue weighted by atomic mass is 32.1. The fourth-order valence-electron chi connectivity index (χ4n) is 2.47. The third-order valence-electron chi connectivity index (χ3n) is 3.39. The van der Waals surface area contributed by atoms with Crippen molar-refractivity contribution >= 4 is 38.6 Å². The van der Waals surface area contributed by atoms with Crippen molar-refractivity contribution in [2.75, 3.05) is 17.2 Å². The van der Waals surface area contributed by atoms with Gasteiger partial charge in [0.1, 0.15) is 5.82 Å². The molecule has 1 aromatic heterocycles. The van der Waals surface area contributed by atoms with Crippen LogP contribution in [0.25, 0.3) is 10.2 Å². The number of anilines is 3. The van der Waals surface area contributed by atoms with Crippen molar-refractivity contribution in [2.24, 2.45) is 0 Å². The molecule has 108 valence electrons. The van der Waals surface area contributed by atoms with Gasteiger partial charge in [0.25, 0.3) is 0 Å². The number of aromatic nitrogens is 1. The van der Waals surface area contributed by atoms with Crippen molar-refractivity contribution in [2.45, 2.75) is 13.8 Å². The first-order valence-corrected chi connectivity index (χ1v) is 7.60. The second-order valence-electron chi connectivity index (χ2n) is 4.81. The van der Waals surface area contributed by atoms with E-state index in [1.54, 1.807) is 23.5 Å². The predicted octanol–water partition coefficient (Wildman–Crippen LogP) is 4.48. The average molecular weight is 301 g/mol. The highest BCUT2D eigenvalue weighted by molar-refractivity contribution is 7.18. The van der Waals surface area contributed by atoms with Crippen LogP contribution in [-0.4, -0.2) is 11.5 Å². The van der Waals surface area contributed by atoms with Crippen LogP contribution < -0.4 is 10.6 Å². The van der Waals surface area contributed by atoms with Gasteiger partial charge in [-0.25, -0.2) is 9.37 Å². The van der Waals surface area contributed by atoms with Gasteiger partial charge in [0, 0.05) is 6.54 Å². The average Bonchev–Trinajstić information content (AvgIpc) is 2.81. The zero-order valence-electron chi connectivity index (χ0n) is 11.9. The van der Waals surface area contributed by atoms with E-state index in [1.807, 2.05) is 36.9 Å². The Balaban J connectivity index is 2.16. The van der Waals surface area contributed by atoms with E-state index >= 15 is 0 Å². The molecule has 0 spiro atoms. The summed E-state index contributed by atoms with van der Waals surface area (Å²) >= 11 is 1.61. The molecule has 0 fully saturated rings. The van der Waals surface area contributed by atoms with E-state index in [9.17, 15) is 4.39 Å². The Morgan fingerprint density at radius 3 is 2.71 bits per heavy atom. The Bertz CT molecular complexity index is 797. The number of nitrogens with two attached hydrogens (primary N) is 1. The van der Waals surface area contributed by atoms with Gasteiger partial charge in [-0.15, -0.1) is 11.3 Å². The van der Waals surface area contributed by atoms with Crippen molar-refractivity contribution in [3.63, 3.8) is 0 Å². The van der Waals surface area contributed by atoms with Crippen molar-refractivity contribution in [3.05, 3.63) is 47.2 Å². The normalized spacial score (nSPS) is 11.0. The number of hydrogen-bond acceptors (Lipinski definition) is 4. The Labute approximate surface area is 126 Å². The maximum absolute atomic E-state index is 14.1. The SMILES string of the molecule is CCN(c1cc2nc(C)sc2cc1N)c1ccccc1F. The lowest BCUT2D eigenvalue weighted by Crippen LogP contribution is -2.18. The molecular formula is C16H16FN3S. The van der Waals surface area contributed by atoms with E-state index in [1.165, 1.54) is 6.07 Å². The smallest absolute Gasteiger partial charge is 0.146 e. The van der Waals surface area contributed by atoms with Crippen molar-refractivity contribution < 1.29 is 4.39 Å². The Kier molecular flexibility index (Phi) is 3.51. The van der Waals surface area contributed by atoms with E-state index in [0.29, 0.717) is 17.9 Å². The molecule has 0 aliphatic heterocycles. The molecule has 21 heavy (non-hydrogen) atoms. The van der Waals surface area contributed by atoms with Crippen LogP contribution in [0.15, 0.2) is 36.4 Å². The summed E-state index contributed by atoms with van der Waals surface area (Å²) in [4.78, 5) is 6.36. The van der Waals surface area contributed by atoms with Crippen molar-refractivity contribution in [3.8, 4) is 0 Å². The molecule has 0 amide bonds. The first kappa shape index (κ1) is 13.8. The summed E-state index contributed by atoms with van der Waals surface area (Å²) in [5, 5.41) is 0.996. The lowest BCUT2D eigenvalue weighted by molar-refractivity contribution is 0.626. The van der Waals surface area contributed by atoms with Gasteiger partial charge in [-0.3, -0.25) is 0 Å². The number of thiazole rings is 1.